The Kier molecular flexibility index (Phi) is 4.45. The Bertz CT molecular complexity index is 264. The molecule has 0 atom stereocenters. The van der Waals surface area contributed by atoms with E-state index in [-0.39, 0.29) is 0 Å². The summed E-state index contributed by atoms with van der Waals surface area (Å²) in [6.45, 7) is 2.24. The molecule has 0 aliphatic carbocycles. The Balaban J connectivity index is 1.99. The van der Waals surface area contributed by atoms with Crippen LogP contribution in [0, 0.1) is 0 Å². The van der Waals surface area contributed by atoms with Crippen LogP contribution in [0.15, 0.2) is 23.8 Å². The van der Waals surface area contributed by atoms with Gasteiger partial charge in [-0.1, -0.05) is 5.11 Å². The first kappa shape index (κ1) is 9.57. The van der Waals surface area contributed by atoms with Crippen LogP contribution in [0.25, 0.3) is 10.4 Å². The molecule has 1 rings (SSSR count). The van der Waals surface area contributed by atoms with Gasteiger partial charge in [0.1, 0.15) is 0 Å². The second-order valence-corrected chi connectivity index (χ2v) is 2.37. The molecule has 0 aliphatic rings. The van der Waals surface area contributed by atoms with Gasteiger partial charge in [-0.05, 0) is 5.53 Å². The van der Waals surface area contributed by atoms with Crippen LogP contribution in [0.3, 0.4) is 0 Å². The standard InChI is InChI=1S/C7H11N5O/c8-11-10-2-5-13-6-4-12-3-1-9-7-12/h1,3,7H,2,4-6H2. The quantitative estimate of drug-likeness (QED) is 0.286. The van der Waals surface area contributed by atoms with Gasteiger partial charge in [0.05, 0.1) is 19.5 Å². The smallest absolute Gasteiger partial charge is 0.0946 e. The number of imidazole rings is 1. The molecule has 0 spiro atoms. The van der Waals surface area contributed by atoms with Crippen molar-refractivity contribution in [3.8, 4) is 0 Å². The minimum atomic E-state index is 0.389. The van der Waals surface area contributed by atoms with Crippen molar-refractivity contribution in [1.82, 2.24) is 9.55 Å². The highest BCUT2D eigenvalue weighted by Gasteiger charge is 1.89. The Morgan fingerprint density at radius 2 is 2.46 bits per heavy atom. The second kappa shape index (κ2) is 6.05. The molecule has 0 saturated heterocycles. The summed E-state index contributed by atoms with van der Waals surface area (Å²) in [6.07, 6.45) is 5.33. The zero-order valence-electron chi connectivity index (χ0n) is 7.20. The fraction of sp³-hybridized carbons (Fsp3) is 0.571. The molecule has 0 N–H and O–H groups in total. The molecule has 0 amide bonds. The van der Waals surface area contributed by atoms with Crippen molar-refractivity contribution in [3.63, 3.8) is 0 Å². The summed E-state index contributed by atoms with van der Waals surface area (Å²) >= 11 is 0. The van der Waals surface area contributed by atoms with Crippen LogP contribution in [-0.4, -0.2) is 29.3 Å². The maximum Gasteiger partial charge on any atom is 0.0946 e. The SMILES string of the molecule is [N-]=[N+]=NCCOCCn1ccnc1. The maximum atomic E-state index is 7.96. The van der Waals surface area contributed by atoms with Gasteiger partial charge in [0.2, 0.25) is 0 Å². The first-order valence-electron chi connectivity index (χ1n) is 3.98. The molecular weight excluding hydrogens is 170 g/mol. The molecule has 0 radical (unpaired) electrons. The largest absolute Gasteiger partial charge is 0.379 e. The van der Waals surface area contributed by atoms with Gasteiger partial charge in [-0.25, -0.2) is 4.98 Å². The molecule has 0 fully saturated rings. The van der Waals surface area contributed by atoms with E-state index in [1.54, 1.807) is 12.5 Å². The minimum absolute atomic E-state index is 0.389. The van der Waals surface area contributed by atoms with E-state index >= 15 is 0 Å². The second-order valence-electron chi connectivity index (χ2n) is 2.37. The summed E-state index contributed by atoms with van der Waals surface area (Å²) in [7, 11) is 0. The lowest BCUT2D eigenvalue weighted by Crippen LogP contribution is -2.06. The number of aromatic nitrogens is 2. The van der Waals surface area contributed by atoms with Crippen molar-refractivity contribution in [3.05, 3.63) is 29.2 Å². The molecule has 0 bridgehead atoms. The number of nitrogens with zero attached hydrogens (tertiary/aromatic N) is 5. The molecular formula is C7H11N5O. The van der Waals surface area contributed by atoms with Crippen LogP contribution in [0.5, 0.6) is 0 Å². The van der Waals surface area contributed by atoms with Crippen molar-refractivity contribution in [2.75, 3.05) is 19.8 Å². The maximum absolute atomic E-state index is 7.96. The molecule has 70 valence electrons. The van der Waals surface area contributed by atoms with Crippen LogP contribution >= 0.6 is 0 Å². The van der Waals surface area contributed by atoms with E-state index in [9.17, 15) is 0 Å². The Labute approximate surface area is 75.8 Å². The first-order chi connectivity index (χ1) is 6.43. The number of hydrogen-bond acceptors (Lipinski definition) is 3. The van der Waals surface area contributed by atoms with Gasteiger partial charge in [0.25, 0.3) is 0 Å². The van der Waals surface area contributed by atoms with Gasteiger partial charge in [-0.3, -0.25) is 0 Å². The molecule has 0 unspecified atom stereocenters. The van der Waals surface area contributed by atoms with E-state index in [0.717, 1.165) is 6.54 Å². The summed E-state index contributed by atoms with van der Waals surface area (Å²) in [5.41, 5.74) is 7.96. The fourth-order valence-corrected chi connectivity index (χ4v) is 0.841. The number of rotatable bonds is 6. The molecule has 0 aromatic carbocycles. The third kappa shape index (κ3) is 4.15. The summed E-state index contributed by atoms with van der Waals surface area (Å²) in [6, 6.07) is 0. The summed E-state index contributed by atoms with van der Waals surface area (Å²) in [5.74, 6) is 0. The molecule has 13 heavy (non-hydrogen) atoms. The molecule has 1 aromatic heterocycles. The van der Waals surface area contributed by atoms with Gasteiger partial charge in [0, 0.05) is 30.4 Å². The summed E-state index contributed by atoms with van der Waals surface area (Å²) in [4.78, 5) is 6.50. The number of azide groups is 1. The van der Waals surface area contributed by atoms with E-state index in [0.29, 0.717) is 19.8 Å². The Morgan fingerprint density at radius 1 is 1.54 bits per heavy atom. The number of ether oxygens (including phenoxy) is 1. The highest BCUT2D eigenvalue weighted by molar-refractivity contribution is 4.73. The van der Waals surface area contributed by atoms with Crippen molar-refractivity contribution in [2.24, 2.45) is 5.11 Å². The first-order valence-corrected chi connectivity index (χ1v) is 3.98. The van der Waals surface area contributed by atoms with Gasteiger partial charge in [0.15, 0.2) is 0 Å². The lowest BCUT2D eigenvalue weighted by molar-refractivity contribution is 0.133. The molecule has 6 nitrogen and oxygen atoms in total. The van der Waals surface area contributed by atoms with Crippen LogP contribution in [0.2, 0.25) is 0 Å². The van der Waals surface area contributed by atoms with Crippen molar-refractivity contribution >= 4 is 0 Å². The van der Waals surface area contributed by atoms with E-state index < -0.39 is 0 Å². The van der Waals surface area contributed by atoms with E-state index in [4.69, 9.17) is 10.3 Å². The van der Waals surface area contributed by atoms with Crippen molar-refractivity contribution in [2.45, 2.75) is 6.54 Å². The lowest BCUT2D eigenvalue weighted by atomic mass is 10.6. The normalized spacial score (nSPS) is 9.54. The highest BCUT2D eigenvalue weighted by atomic mass is 16.5. The molecule has 0 saturated carbocycles. The topological polar surface area (TPSA) is 75.8 Å². The Morgan fingerprint density at radius 3 is 3.15 bits per heavy atom. The lowest BCUT2D eigenvalue weighted by Gasteiger charge is -2.02. The number of hydrogen-bond donors (Lipinski definition) is 0. The fourth-order valence-electron chi connectivity index (χ4n) is 0.841. The van der Waals surface area contributed by atoms with Gasteiger partial charge < -0.3 is 9.30 Å². The average molecular weight is 181 g/mol. The van der Waals surface area contributed by atoms with Crippen LogP contribution < -0.4 is 0 Å². The van der Waals surface area contributed by atoms with Crippen LogP contribution in [-0.2, 0) is 11.3 Å². The monoisotopic (exact) mass is 181 g/mol. The zero-order valence-corrected chi connectivity index (χ0v) is 7.20. The summed E-state index contributed by atoms with van der Waals surface area (Å²) in [5, 5.41) is 3.34. The van der Waals surface area contributed by atoms with Crippen molar-refractivity contribution < 1.29 is 4.74 Å². The van der Waals surface area contributed by atoms with Gasteiger partial charge in [-0.2, -0.15) is 0 Å². The third-order valence-electron chi connectivity index (χ3n) is 1.45. The van der Waals surface area contributed by atoms with E-state index in [1.807, 2.05) is 10.8 Å². The molecule has 0 aliphatic heterocycles. The van der Waals surface area contributed by atoms with Gasteiger partial charge in [-0.15, -0.1) is 0 Å². The average Bonchev–Trinajstić information content (AvgIpc) is 2.63. The van der Waals surface area contributed by atoms with E-state index in [2.05, 4.69) is 15.0 Å². The minimum Gasteiger partial charge on any atom is -0.379 e. The zero-order chi connectivity index (χ0) is 9.36. The van der Waals surface area contributed by atoms with E-state index in [1.165, 1.54) is 0 Å². The third-order valence-corrected chi connectivity index (χ3v) is 1.45. The summed E-state index contributed by atoms with van der Waals surface area (Å²) < 4.78 is 7.12. The molecule has 1 heterocycles. The predicted molar refractivity (Wildman–Crippen MR) is 47.1 cm³/mol. The van der Waals surface area contributed by atoms with Crippen LogP contribution in [0.4, 0.5) is 0 Å². The van der Waals surface area contributed by atoms with Crippen LogP contribution in [0.1, 0.15) is 0 Å². The van der Waals surface area contributed by atoms with Gasteiger partial charge >= 0.3 is 0 Å². The Hall–Kier alpha value is -1.52. The molecule has 1 aromatic rings. The van der Waals surface area contributed by atoms with Crippen molar-refractivity contribution in [1.29, 1.82) is 0 Å². The highest BCUT2D eigenvalue weighted by Crippen LogP contribution is 1.86. The predicted octanol–water partition coefficient (Wildman–Crippen LogP) is 1.21. The molecule has 6 heteroatoms.